The highest BCUT2D eigenvalue weighted by molar-refractivity contribution is 6.02. The van der Waals surface area contributed by atoms with Gasteiger partial charge in [0, 0.05) is 12.8 Å². The number of carbonyl (C=O) groups excluding carboxylic acids is 1. The molecule has 0 saturated heterocycles. The number of carbonyl (C=O) groups is 1. The number of nitrogens with one attached hydrogen (secondary N) is 1. The summed E-state index contributed by atoms with van der Waals surface area (Å²) in [6.45, 7) is 2.63. The molecule has 0 atom stereocenters. The second-order valence-corrected chi connectivity index (χ2v) is 3.97. The predicted octanol–water partition coefficient (Wildman–Crippen LogP) is 2.36. The Morgan fingerprint density at radius 3 is 2.67 bits per heavy atom. The Morgan fingerprint density at radius 1 is 1.28 bits per heavy atom. The van der Waals surface area contributed by atoms with E-state index in [1.54, 1.807) is 0 Å². The molecule has 0 saturated carbocycles. The van der Waals surface area contributed by atoms with Crippen molar-refractivity contribution in [3.63, 3.8) is 0 Å². The van der Waals surface area contributed by atoms with E-state index >= 15 is 0 Å². The molecule has 2 rings (SSSR count). The van der Waals surface area contributed by atoms with Crippen LogP contribution in [0, 0.1) is 0 Å². The number of hydrogen-bond acceptors (Lipinski definition) is 3. The Bertz CT molecular complexity index is 475. The van der Waals surface area contributed by atoms with Gasteiger partial charge in [-0.3, -0.25) is 4.79 Å². The van der Waals surface area contributed by atoms with Crippen molar-refractivity contribution in [3.05, 3.63) is 35.9 Å². The van der Waals surface area contributed by atoms with E-state index in [1.165, 1.54) is 0 Å². The molecule has 0 bridgehead atoms. The molecular weight excluding hydrogens is 228 g/mol. The highest BCUT2D eigenvalue weighted by atomic mass is 16.5. The molecule has 0 aliphatic carbocycles. The first kappa shape index (κ1) is 12.4. The second-order valence-electron chi connectivity index (χ2n) is 3.97. The molecule has 1 amide bonds. The standard InChI is InChI=1S/C14H16N2O2/c1-2-18-13-8-4-11(5-9-13)3-6-12-7-10-14(17)16-15-12/h3-6,8-9H,2,7,10H2,1H3,(H,16,17)/b6-3+. The van der Waals surface area contributed by atoms with Crippen LogP contribution in [0.25, 0.3) is 6.08 Å². The Labute approximate surface area is 106 Å². The molecule has 4 heteroatoms. The third kappa shape index (κ3) is 3.45. The molecular formula is C14H16N2O2. The van der Waals surface area contributed by atoms with E-state index in [0.29, 0.717) is 19.4 Å². The summed E-state index contributed by atoms with van der Waals surface area (Å²) in [5, 5.41) is 3.98. The Kier molecular flexibility index (Phi) is 4.12. The van der Waals surface area contributed by atoms with Crippen LogP contribution in [0.15, 0.2) is 35.4 Å². The molecule has 0 spiro atoms. The molecule has 0 radical (unpaired) electrons. The SMILES string of the molecule is CCOc1ccc(/C=C/C2=NNC(=O)CC2)cc1. The number of benzene rings is 1. The van der Waals surface area contributed by atoms with Crippen LogP contribution in [0.3, 0.4) is 0 Å². The van der Waals surface area contributed by atoms with Gasteiger partial charge in [-0.25, -0.2) is 5.43 Å². The van der Waals surface area contributed by atoms with Crippen molar-refractivity contribution in [1.82, 2.24) is 5.43 Å². The van der Waals surface area contributed by atoms with E-state index in [2.05, 4.69) is 10.5 Å². The van der Waals surface area contributed by atoms with E-state index in [4.69, 9.17) is 4.74 Å². The summed E-state index contributed by atoms with van der Waals surface area (Å²) in [4.78, 5) is 10.9. The lowest BCUT2D eigenvalue weighted by atomic mass is 10.1. The summed E-state index contributed by atoms with van der Waals surface area (Å²) in [5.74, 6) is 0.852. The quantitative estimate of drug-likeness (QED) is 0.884. The normalized spacial score (nSPS) is 15.4. The average Bonchev–Trinajstić information content (AvgIpc) is 2.40. The third-order valence-electron chi connectivity index (χ3n) is 2.59. The minimum atomic E-state index is -0.0202. The van der Waals surface area contributed by atoms with Gasteiger partial charge in [0.15, 0.2) is 0 Å². The fraction of sp³-hybridized carbons (Fsp3) is 0.286. The van der Waals surface area contributed by atoms with Crippen molar-refractivity contribution in [1.29, 1.82) is 0 Å². The molecule has 1 aliphatic rings. The van der Waals surface area contributed by atoms with E-state index in [1.807, 2.05) is 43.3 Å². The number of hydrogen-bond donors (Lipinski definition) is 1. The van der Waals surface area contributed by atoms with Crippen molar-refractivity contribution in [2.24, 2.45) is 5.10 Å². The molecule has 94 valence electrons. The van der Waals surface area contributed by atoms with Crippen molar-refractivity contribution >= 4 is 17.7 Å². The fourth-order valence-electron chi connectivity index (χ4n) is 1.64. The maximum atomic E-state index is 10.9. The van der Waals surface area contributed by atoms with Crippen LogP contribution in [0.2, 0.25) is 0 Å². The van der Waals surface area contributed by atoms with E-state index < -0.39 is 0 Å². The summed E-state index contributed by atoms with van der Waals surface area (Å²) in [5.41, 5.74) is 4.45. The van der Waals surface area contributed by atoms with Gasteiger partial charge in [0.05, 0.1) is 12.3 Å². The first-order chi connectivity index (χ1) is 8.78. The summed E-state index contributed by atoms with van der Waals surface area (Å²) in [7, 11) is 0. The maximum Gasteiger partial charge on any atom is 0.240 e. The van der Waals surface area contributed by atoms with E-state index in [9.17, 15) is 4.79 Å². The van der Waals surface area contributed by atoms with Crippen molar-refractivity contribution in [2.45, 2.75) is 19.8 Å². The molecule has 1 N–H and O–H groups in total. The van der Waals surface area contributed by atoms with Gasteiger partial charge in [-0.15, -0.1) is 0 Å². The molecule has 4 nitrogen and oxygen atoms in total. The number of amides is 1. The first-order valence-electron chi connectivity index (χ1n) is 6.04. The van der Waals surface area contributed by atoms with Gasteiger partial charge in [0.2, 0.25) is 5.91 Å². The van der Waals surface area contributed by atoms with Crippen LogP contribution < -0.4 is 10.2 Å². The molecule has 1 aromatic carbocycles. The molecule has 0 unspecified atom stereocenters. The highest BCUT2D eigenvalue weighted by Crippen LogP contribution is 2.13. The summed E-state index contributed by atoms with van der Waals surface area (Å²) < 4.78 is 5.37. The van der Waals surface area contributed by atoms with Gasteiger partial charge in [-0.05, 0) is 30.7 Å². The minimum absolute atomic E-state index is 0.0202. The van der Waals surface area contributed by atoms with Crippen LogP contribution >= 0.6 is 0 Å². The van der Waals surface area contributed by atoms with Crippen molar-refractivity contribution < 1.29 is 9.53 Å². The number of allylic oxidation sites excluding steroid dienone is 1. The number of ether oxygens (including phenoxy) is 1. The highest BCUT2D eigenvalue weighted by Gasteiger charge is 2.08. The predicted molar refractivity (Wildman–Crippen MR) is 71.5 cm³/mol. The van der Waals surface area contributed by atoms with E-state index in [0.717, 1.165) is 17.0 Å². The Morgan fingerprint density at radius 2 is 2.06 bits per heavy atom. The Hall–Kier alpha value is -2.10. The lowest BCUT2D eigenvalue weighted by molar-refractivity contribution is -0.121. The summed E-state index contributed by atoms with van der Waals surface area (Å²) in [6.07, 6.45) is 5.10. The zero-order valence-electron chi connectivity index (χ0n) is 10.3. The first-order valence-corrected chi connectivity index (χ1v) is 6.04. The molecule has 1 aliphatic heterocycles. The lowest BCUT2D eigenvalue weighted by Crippen LogP contribution is -2.24. The van der Waals surface area contributed by atoms with Gasteiger partial charge in [-0.2, -0.15) is 5.10 Å². The number of rotatable bonds is 4. The summed E-state index contributed by atoms with van der Waals surface area (Å²) in [6, 6.07) is 7.86. The van der Waals surface area contributed by atoms with Crippen LogP contribution in [-0.4, -0.2) is 18.2 Å². The van der Waals surface area contributed by atoms with Crippen molar-refractivity contribution in [3.8, 4) is 5.75 Å². The van der Waals surface area contributed by atoms with Crippen LogP contribution in [0.1, 0.15) is 25.3 Å². The zero-order valence-corrected chi connectivity index (χ0v) is 10.3. The number of hydrazone groups is 1. The van der Waals surface area contributed by atoms with Gasteiger partial charge >= 0.3 is 0 Å². The molecule has 1 heterocycles. The van der Waals surface area contributed by atoms with Gasteiger partial charge in [-0.1, -0.05) is 18.2 Å². The monoisotopic (exact) mass is 244 g/mol. The van der Waals surface area contributed by atoms with E-state index in [-0.39, 0.29) is 5.91 Å². The third-order valence-corrected chi connectivity index (χ3v) is 2.59. The van der Waals surface area contributed by atoms with Crippen molar-refractivity contribution in [2.75, 3.05) is 6.61 Å². The minimum Gasteiger partial charge on any atom is -0.494 e. The average molecular weight is 244 g/mol. The smallest absolute Gasteiger partial charge is 0.240 e. The van der Waals surface area contributed by atoms with Gasteiger partial charge in [0.25, 0.3) is 0 Å². The lowest BCUT2D eigenvalue weighted by Gasteiger charge is -2.08. The van der Waals surface area contributed by atoms with Crippen LogP contribution in [-0.2, 0) is 4.79 Å². The molecule has 0 aromatic heterocycles. The van der Waals surface area contributed by atoms with Gasteiger partial charge in [0.1, 0.15) is 5.75 Å². The topological polar surface area (TPSA) is 50.7 Å². The zero-order chi connectivity index (χ0) is 12.8. The van der Waals surface area contributed by atoms with Gasteiger partial charge < -0.3 is 4.74 Å². The molecule has 1 aromatic rings. The van der Waals surface area contributed by atoms with Crippen LogP contribution in [0.4, 0.5) is 0 Å². The van der Waals surface area contributed by atoms with Crippen LogP contribution in [0.5, 0.6) is 5.75 Å². The largest absolute Gasteiger partial charge is 0.494 e. The fourth-order valence-corrected chi connectivity index (χ4v) is 1.64. The summed E-state index contributed by atoms with van der Waals surface area (Å²) >= 11 is 0. The number of nitrogens with zero attached hydrogens (tertiary/aromatic N) is 1. The Balaban J connectivity index is 1.98. The molecule has 18 heavy (non-hydrogen) atoms. The second kappa shape index (κ2) is 6.00. The maximum absolute atomic E-state index is 10.9. The molecule has 0 fully saturated rings.